The Labute approximate surface area is 111 Å². The Kier molecular flexibility index (Phi) is 3.94. The fourth-order valence-corrected chi connectivity index (χ4v) is 1.85. The third-order valence-electron chi connectivity index (χ3n) is 2.83. The van der Waals surface area contributed by atoms with Crippen molar-refractivity contribution in [2.45, 2.75) is 27.2 Å². The van der Waals surface area contributed by atoms with Gasteiger partial charge < -0.3 is 4.52 Å². The molecule has 1 aromatic carbocycles. The highest BCUT2D eigenvalue weighted by Gasteiger charge is 2.13. The predicted octanol–water partition coefficient (Wildman–Crippen LogP) is 3.52. The predicted molar refractivity (Wildman–Crippen MR) is 72.9 cm³/mol. The van der Waals surface area contributed by atoms with Crippen LogP contribution >= 0.6 is 0 Å². The van der Waals surface area contributed by atoms with Gasteiger partial charge in [0.25, 0.3) is 0 Å². The maximum absolute atomic E-state index is 12.8. The first-order valence-corrected chi connectivity index (χ1v) is 6.13. The summed E-state index contributed by atoms with van der Waals surface area (Å²) in [6, 6.07) is 6.03. The van der Waals surface area contributed by atoms with E-state index in [0.29, 0.717) is 0 Å². The Morgan fingerprint density at radius 2 is 2.05 bits per heavy atom. The summed E-state index contributed by atoms with van der Waals surface area (Å²) in [5.74, 6) is 0.480. The summed E-state index contributed by atoms with van der Waals surface area (Å²) in [7, 11) is 0. The van der Waals surface area contributed by atoms with Crippen LogP contribution in [0, 0.1) is 12.7 Å². The Morgan fingerprint density at radius 1 is 1.37 bits per heavy atom. The lowest BCUT2D eigenvalue weighted by Gasteiger charge is -2.03. The Bertz CT molecular complexity index is 587. The van der Waals surface area contributed by atoms with Crippen LogP contribution in [0.3, 0.4) is 0 Å². The molecule has 5 heteroatoms. The molecule has 2 rings (SSSR count). The monoisotopic (exact) mass is 261 g/mol. The standard InChI is InChI=1S/C14H16FN3O/c1-4-13-14(10(3)19-18-13)9(2)16-17-12-7-5-11(15)6-8-12/h5-8,17H,4H2,1-3H3. The van der Waals surface area contributed by atoms with E-state index in [1.54, 1.807) is 12.1 Å². The van der Waals surface area contributed by atoms with Crippen LogP contribution in [0.25, 0.3) is 0 Å². The number of aromatic nitrogens is 1. The summed E-state index contributed by atoms with van der Waals surface area (Å²) in [4.78, 5) is 0. The normalized spacial score (nSPS) is 11.7. The second kappa shape index (κ2) is 5.65. The maximum atomic E-state index is 12.8. The smallest absolute Gasteiger partial charge is 0.143 e. The van der Waals surface area contributed by atoms with Crippen molar-refractivity contribution >= 4 is 11.4 Å². The zero-order chi connectivity index (χ0) is 13.8. The van der Waals surface area contributed by atoms with Gasteiger partial charge >= 0.3 is 0 Å². The van der Waals surface area contributed by atoms with E-state index >= 15 is 0 Å². The second-order valence-electron chi connectivity index (χ2n) is 4.23. The molecule has 0 aliphatic carbocycles. The molecule has 0 aliphatic rings. The van der Waals surface area contributed by atoms with E-state index in [9.17, 15) is 4.39 Å². The van der Waals surface area contributed by atoms with Crippen molar-refractivity contribution in [1.82, 2.24) is 5.16 Å². The Morgan fingerprint density at radius 3 is 2.68 bits per heavy atom. The minimum absolute atomic E-state index is 0.269. The number of benzene rings is 1. The molecule has 2 aromatic rings. The minimum atomic E-state index is -0.269. The molecule has 0 bridgehead atoms. The quantitative estimate of drug-likeness (QED) is 0.676. The van der Waals surface area contributed by atoms with Gasteiger partial charge in [-0.3, -0.25) is 5.43 Å². The number of hydrazone groups is 1. The largest absolute Gasteiger partial charge is 0.361 e. The summed E-state index contributed by atoms with van der Waals surface area (Å²) in [6.45, 7) is 5.76. The Balaban J connectivity index is 2.19. The summed E-state index contributed by atoms with van der Waals surface area (Å²) < 4.78 is 17.9. The summed E-state index contributed by atoms with van der Waals surface area (Å²) in [5, 5.41) is 8.27. The van der Waals surface area contributed by atoms with Crippen molar-refractivity contribution in [1.29, 1.82) is 0 Å². The van der Waals surface area contributed by atoms with Crippen molar-refractivity contribution in [2.75, 3.05) is 5.43 Å². The van der Waals surface area contributed by atoms with Gasteiger partial charge in [-0.2, -0.15) is 5.10 Å². The third kappa shape index (κ3) is 2.99. The van der Waals surface area contributed by atoms with Crippen LogP contribution in [-0.2, 0) is 6.42 Å². The van der Waals surface area contributed by atoms with Crippen LogP contribution in [0.1, 0.15) is 30.9 Å². The first-order valence-electron chi connectivity index (χ1n) is 6.13. The molecule has 0 saturated carbocycles. The molecule has 0 unspecified atom stereocenters. The molecule has 0 atom stereocenters. The summed E-state index contributed by atoms with van der Waals surface area (Å²) in [5.41, 5.74) is 6.23. The minimum Gasteiger partial charge on any atom is -0.361 e. The van der Waals surface area contributed by atoms with Crippen LogP contribution in [0.15, 0.2) is 33.9 Å². The SMILES string of the molecule is CCc1noc(C)c1C(C)=NNc1ccc(F)cc1. The second-order valence-corrected chi connectivity index (χ2v) is 4.23. The fraction of sp³-hybridized carbons (Fsp3) is 0.286. The fourth-order valence-electron chi connectivity index (χ4n) is 1.85. The third-order valence-corrected chi connectivity index (χ3v) is 2.83. The zero-order valence-electron chi connectivity index (χ0n) is 11.2. The highest BCUT2D eigenvalue weighted by molar-refractivity contribution is 6.00. The molecule has 0 aliphatic heterocycles. The molecular formula is C14H16FN3O. The van der Waals surface area contributed by atoms with Crippen molar-refractivity contribution < 1.29 is 8.91 Å². The number of hydrogen-bond donors (Lipinski definition) is 1. The lowest BCUT2D eigenvalue weighted by Crippen LogP contribution is -2.03. The van der Waals surface area contributed by atoms with E-state index < -0.39 is 0 Å². The Hall–Kier alpha value is -2.17. The van der Waals surface area contributed by atoms with Gasteiger partial charge in [0.15, 0.2) is 0 Å². The van der Waals surface area contributed by atoms with Crippen LogP contribution in [0.4, 0.5) is 10.1 Å². The average molecular weight is 261 g/mol. The number of halogens is 1. The molecular weight excluding hydrogens is 245 g/mol. The van der Waals surface area contributed by atoms with Crippen molar-refractivity contribution in [3.63, 3.8) is 0 Å². The van der Waals surface area contributed by atoms with Gasteiger partial charge in [-0.15, -0.1) is 0 Å². The highest BCUT2D eigenvalue weighted by Crippen LogP contribution is 2.16. The molecule has 4 nitrogen and oxygen atoms in total. The average Bonchev–Trinajstić information content (AvgIpc) is 2.79. The van der Waals surface area contributed by atoms with Gasteiger partial charge in [0, 0.05) is 0 Å². The van der Waals surface area contributed by atoms with E-state index in [0.717, 1.165) is 34.8 Å². The molecule has 100 valence electrons. The van der Waals surface area contributed by atoms with Gasteiger partial charge in [0.1, 0.15) is 11.6 Å². The number of nitrogens with one attached hydrogen (secondary N) is 1. The topological polar surface area (TPSA) is 50.4 Å². The van der Waals surface area contributed by atoms with Crippen molar-refractivity contribution in [3.8, 4) is 0 Å². The van der Waals surface area contributed by atoms with Gasteiger partial charge in [0.05, 0.1) is 22.7 Å². The molecule has 0 amide bonds. The molecule has 0 spiro atoms. The first-order chi connectivity index (χ1) is 9.11. The van der Waals surface area contributed by atoms with Gasteiger partial charge in [0.2, 0.25) is 0 Å². The number of nitrogens with zero attached hydrogens (tertiary/aromatic N) is 2. The number of aryl methyl sites for hydroxylation is 2. The van der Waals surface area contributed by atoms with Crippen molar-refractivity contribution in [3.05, 3.63) is 47.1 Å². The lowest BCUT2D eigenvalue weighted by molar-refractivity contribution is 0.391. The van der Waals surface area contributed by atoms with Gasteiger partial charge in [-0.05, 0) is 44.5 Å². The molecule has 0 saturated heterocycles. The van der Waals surface area contributed by atoms with Crippen LogP contribution in [0.5, 0.6) is 0 Å². The van der Waals surface area contributed by atoms with Crippen molar-refractivity contribution in [2.24, 2.45) is 5.10 Å². The number of rotatable bonds is 4. The van der Waals surface area contributed by atoms with E-state index in [-0.39, 0.29) is 5.82 Å². The van der Waals surface area contributed by atoms with Gasteiger partial charge in [-0.25, -0.2) is 4.39 Å². The van der Waals surface area contributed by atoms with Crippen LogP contribution in [-0.4, -0.2) is 10.9 Å². The number of hydrogen-bond acceptors (Lipinski definition) is 4. The maximum Gasteiger partial charge on any atom is 0.143 e. The van der Waals surface area contributed by atoms with E-state index in [1.807, 2.05) is 20.8 Å². The molecule has 0 radical (unpaired) electrons. The molecule has 1 N–H and O–H groups in total. The lowest BCUT2D eigenvalue weighted by atomic mass is 10.1. The first kappa shape index (κ1) is 13.3. The van der Waals surface area contributed by atoms with Crippen LogP contribution < -0.4 is 5.43 Å². The molecule has 1 aromatic heterocycles. The zero-order valence-corrected chi connectivity index (χ0v) is 11.2. The molecule has 1 heterocycles. The summed E-state index contributed by atoms with van der Waals surface area (Å²) >= 11 is 0. The highest BCUT2D eigenvalue weighted by atomic mass is 19.1. The molecule has 19 heavy (non-hydrogen) atoms. The van der Waals surface area contributed by atoms with Gasteiger partial charge in [-0.1, -0.05) is 12.1 Å². The van der Waals surface area contributed by atoms with E-state index in [2.05, 4.69) is 15.7 Å². The van der Waals surface area contributed by atoms with Crippen LogP contribution in [0.2, 0.25) is 0 Å². The van der Waals surface area contributed by atoms with E-state index in [1.165, 1.54) is 12.1 Å². The molecule has 0 fully saturated rings. The number of anilines is 1. The van der Waals surface area contributed by atoms with E-state index in [4.69, 9.17) is 4.52 Å². The summed E-state index contributed by atoms with van der Waals surface area (Å²) in [6.07, 6.45) is 0.788.